The fraction of sp³-hybridized carbons (Fsp3) is 0.647. The molecule has 0 heterocycles. The first-order chi connectivity index (χ1) is 9.13. The molecule has 0 aliphatic heterocycles. The minimum atomic E-state index is 0.404. The Bertz CT molecular complexity index is 394. The molecule has 1 aliphatic carbocycles. The summed E-state index contributed by atoms with van der Waals surface area (Å²) >= 11 is 6.36. The summed E-state index contributed by atoms with van der Waals surface area (Å²) in [6, 6.07) is 8.67. The van der Waals surface area contributed by atoms with Gasteiger partial charge < -0.3 is 5.32 Å². The van der Waals surface area contributed by atoms with Gasteiger partial charge in [0.15, 0.2) is 0 Å². The highest BCUT2D eigenvalue weighted by atomic mass is 35.5. The Morgan fingerprint density at radius 1 is 1.05 bits per heavy atom. The van der Waals surface area contributed by atoms with Crippen molar-refractivity contribution < 1.29 is 0 Å². The van der Waals surface area contributed by atoms with Crippen LogP contribution in [0.4, 0.5) is 0 Å². The summed E-state index contributed by atoms with van der Waals surface area (Å²) < 4.78 is 0. The van der Waals surface area contributed by atoms with Crippen molar-refractivity contribution in [3.8, 4) is 0 Å². The Balaban J connectivity index is 2.06. The fourth-order valence-corrected chi connectivity index (χ4v) is 3.77. The lowest BCUT2D eigenvalue weighted by atomic mass is 9.73. The number of nitrogens with one attached hydrogen (secondary N) is 1. The van der Waals surface area contributed by atoms with E-state index >= 15 is 0 Å². The molecule has 0 radical (unpaired) electrons. The lowest BCUT2D eigenvalue weighted by Crippen LogP contribution is -2.30. The number of rotatable bonds is 4. The molecule has 1 atom stereocenters. The first-order valence-electron chi connectivity index (χ1n) is 7.55. The van der Waals surface area contributed by atoms with Crippen LogP contribution in [-0.4, -0.2) is 7.05 Å². The van der Waals surface area contributed by atoms with E-state index in [4.69, 9.17) is 11.6 Å². The molecule has 1 unspecified atom stereocenters. The summed E-state index contributed by atoms with van der Waals surface area (Å²) in [5, 5.41) is 4.38. The fourth-order valence-electron chi connectivity index (χ4n) is 3.52. The Kier molecular flexibility index (Phi) is 5.29. The van der Waals surface area contributed by atoms with Gasteiger partial charge in [-0.25, -0.2) is 0 Å². The normalized spacial score (nSPS) is 25.5. The molecule has 1 aliphatic rings. The highest BCUT2D eigenvalue weighted by Gasteiger charge is 2.29. The maximum absolute atomic E-state index is 6.36. The number of halogens is 1. The average molecular weight is 280 g/mol. The highest BCUT2D eigenvalue weighted by molar-refractivity contribution is 6.31. The Morgan fingerprint density at radius 2 is 1.63 bits per heavy atom. The second kappa shape index (κ2) is 6.76. The van der Waals surface area contributed by atoms with Gasteiger partial charge in [0, 0.05) is 11.1 Å². The van der Waals surface area contributed by atoms with Crippen molar-refractivity contribution in [1.29, 1.82) is 0 Å². The Labute approximate surface area is 122 Å². The monoisotopic (exact) mass is 279 g/mol. The van der Waals surface area contributed by atoms with Crippen LogP contribution in [0.5, 0.6) is 0 Å². The van der Waals surface area contributed by atoms with Gasteiger partial charge in [-0.05, 0) is 62.1 Å². The molecule has 0 amide bonds. The first-order valence-corrected chi connectivity index (χ1v) is 7.93. The lowest BCUT2D eigenvalue weighted by molar-refractivity contribution is 0.193. The maximum atomic E-state index is 6.36. The lowest BCUT2D eigenvalue weighted by Gasteiger charge is -2.35. The smallest absolute Gasteiger partial charge is 0.0453 e. The van der Waals surface area contributed by atoms with E-state index < -0.39 is 0 Å². The van der Waals surface area contributed by atoms with E-state index in [-0.39, 0.29) is 0 Å². The van der Waals surface area contributed by atoms with Crippen LogP contribution in [0, 0.1) is 17.8 Å². The molecular formula is C17H26ClN. The van der Waals surface area contributed by atoms with Crippen molar-refractivity contribution >= 4 is 11.6 Å². The minimum Gasteiger partial charge on any atom is -0.313 e. The van der Waals surface area contributed by atoms with Crippen molar-refractivity contribution in [3.05, 3.63) is 34.9 Å². The zero-order valence-electron chi connectivity index (χ0n) is 12.3. The second-order valence-electron chi connectivity index (χ2n) is 6.21. The van der Waals surface area contributed by atoms with Gasteiger partial charge >= 0.3 is 0 Å². The van der Waals surface area contributed by atoms with Gasteiger partial charge in [0.1, 0.15) is 0 Å². The second-order valence-corrected chi connectivity index (χ2v) is 6.61. The van der Waals surface area contributed by atoms with Crippen LogP contribution in [0.3, 0.4) is 0 Å². The summed E-state index contributed by atoms with van der Waals surface area (Å²) in [5.74, 6) is 2.47. The highest BCUT2D eigenvalue weighted by Crippen LogP contribution is 2.40. The largest absolute Gasteiger partial charge is 0.313 e. The summed E-state index contributed by atoms with van der Waals surface area (Å²) in [6.07, 6.45) is 5.37. The molecule has 106 valence electrons. The third-order valence-electron chi connectivity index (χ3n) is 4.78. The van der Waals surface area contributed by atoms with Crippen LogP contribution in [0.2, 0.25) is 5.02 Å². The van der Waals surface area contributed by atoms with Gasteiger partial charge in [-0.2, -0.15) is 0 Å². The summed E-state index contributed by atoms with van der Waals surface area (Å²) in [5.41, 5.74) is 1.26. The maximum Gasteiger partial charge on any atom is 0.0453 e. The van der Waals surface area contributed by atoms with Crippen molar-refractivity contribution in [2.24, 2.45) is 17.8 Å². The SMILES string of the molecule is CNC(c1ccccc1Cl)C1CCC(C(C)C)CC1. The van der Waals surface area contributed by atoms with Gasteiger partial charge in [-0.3, -0.25) is 0 Å². The van der Waals surface area contributed by atoms with E-state index in [2.05, 4.69) is 38.3 Å². The van der Waals surface area contributed by atoms with Gasteiger partial charge in [-0.1, -0.05) is 43.6 Å². The van der Waals surface area contributed by atoms with Gasteiger partial charge in [-0.15, -0.1) is 0 Å². The summed E-state index contributed by atoms with van der Waals surface area (Å²) in [6.45, 7) is 4.71. The molecule has 0 spiro atoms. The minimum absolute atomic E-state index is 0.404. The van der Waals surface area contributed by atoms with E-state index in [9.17, 15) is 0 Å². The Hall–Kier alpha value is -0.530. The van der Waals surface area contributed by atoms with Crippen LogP contribution in [-0.2, 0) is 0 Å². The van der Waals surface area contributed by atoms with E-state index in [0.717, 1.165) is 22.8 Å². The number of benzene rings is 1. The van der Waals surface area contributed by atoms with Gasteiger partial charge in [0.05, 0.1) is 0 Å². The van der Waals surface area contributed by atoms with Crippen LogP contribution in [0.15, 0.2) is 24.3 Å². The topological polar surface area (TPSA) is 12.0 Å². The van der Waals surface area contributed by atoms with Crippen LogP contribution in [0.1, 0.15) is 51.1 Å². The van der Waals surface area contributed by atoms with Crippen LogP contribution >= 0.6 is 11.6 Å². The molecule has 1 fully saturated rings. The molecule has 2 heteroatoms. The zero-order valence-corrected chi connectivity index (χ0v) is 13.1. The van der Waals surface area contributed by atoms with Crippen LogP contribution in [0.25, 0.3) is 0 Å². The number of hydrogen-bond acceptors (Lipinski definition) is 1. The third kappa shape index (κ3) is 3.52. The first kappa shape index (κ1) is 14.9. The standard InChI is InChI=1S/C17H26ClN/c1-12(2)13-8-10-14(11-9-13)17(19-3)15-6-4-5-7-16(15)18/h4-7,12-14,17,19H,8-11H2,1-3H3. The molecule has 1 aromatic rings. The zero-order chi connectivity index (χ0) is 13.8. The molecule has 2 rings (SSSR count). The number of hydrogen-bond donors (Lipinski definition) is 1. The van der Waals surface area contributed by atoms with E-state index in [0.29, 0.717) is 6.04 Å². The third-order valence-corrected chi connectivity index (χ3v) is 5.13. The molecule has 0 aromatic heterocycles. The molecular weight excluding hydrogens is 254 g/mol. The van der Waals surface area contributed by atoms with Crippen molar-refractivity contribution in [2.45, 2.75) is 45.6 Å². The van der Waals surface area contributed by atoms with Gasteiger partial charge in [0.2, 0.25) is 0 Å². The molecule has 1 saturated carbocycles. The summed E-state index contributed by atoms with van der Waals surface area (Å²) in [7, 11) is 2.06. The van der Waals surface area contributed by atoms with Gasteiger partial charge in [0.25, 0.3) is 0 Å². The predicted molar refractivity (Wildman–Crippen MR) is 83.5 cm³/mol. The quantitative estimate of drug-likeness (QED) is 0.812. The van der Waals surface area contributed by atoms with Crippen molar-refractivity contribution in [1.82, 2.24) is 5.32 Å². The molecule has 1 nitrogen and oxygen atoms in total. The van der Waals surface area contributed by atoms with E-state index in [1.807, 2.05) is 12.1 Å². The molecule has 1 aromatic carbocycles. The van der Waals surface area contributed by atoms with E-state index in [1.54, 1.807) is 0 Å². The molecule has 0 saturated heterocycles. The van der Waals surface area contributed by atoms with Crippen molar-refractivity contribution in [3.63, 3.8) is 0 Å². The molecule has 19 heavy (non-hydrogen) atoms. The van der Waals surface area contributed by atoms with E-state index in [1.165, 1.54) is 31.2 Å². The molecule has 0 bridgehead atoms. The predicted octanol–water partition coefficient (Wildman–Crippen LogP) is 5.06. The summed E-state index contributed by atoms with van der Waals surface area (Å²) in [4.78, 5) is 0. The van der Waals surface area contributed by atoms with Crippen LogP contribution < -0.4 is 5.32 Å². The molecule has 1 N–H and O–H groups in total. The average Bonchev–Trinajstić information content (AvgIpc) is 2.42. The van der Waals surface area contributed by atoms with Crippen molar-refractivity contribution in [2.75, 3.05) is 7.05 Å². The Morgan fingerprint density at radius 3 is 2.16 bits per heavy atom.